The van der Waals surface area contributed by atoms with Gasteiger partial charge in [-0.15, -0.1) is 21.6 Å². The zero-order valence-corrected chi connectivity index (χ0v) is 16.4. The highest BCUT2D eigenvalue weighted by Gasteiger charge is 2.41. The number of thiazole rings is 1. The monoisotopic (exact) mass is 381 g/mol. The molecule has 1 aliphatic rings. The second-order valence-electron chi connectivity index (χ2n) is 7.55. The molecule has 0 aliphatic carbocycles. The van der Waals surface area contributed by atoms with E-state index in [0.717, 1.165) is 37.2 Å². The fraction of sp³-hybridized carbons (Fsp3) is 0.333. The highest BCUT2D eigenvalue weighted by atomic mass is 32.1. The van der Waals surface area contributed by atoms with Crippen LogP contribution in [-0.2, 0) is 10.0 Å². The van der Waals surface area contributed by atoms with Gasteiger partial charge in [0.1, 0.15) is 16.5 Å². The third-order valence-corrected chi connectivity index (χ3v) is 6.14. The smallest absolute Gasteiger partial charge is 0.136 e. The standard InChI is InChI=1S/C21H21N2O3S/c1-21(2)12-15(24)10-18(23(21)25)13-4-6-14(7-5-13)20-22-17-9-8-16(26-3)11-19(17)27-20/h4-9,11,18H,10,12H2,1-3H3. The molecule has 27 heavy (non-hydrogen) atoms. The lowest BCUT2D eigenvalue weighted by Crippen LogP contribution is -2.49. The van der Waals surface area contributed by atoms with E-state index in [2.05, 4.69) is 4.98 Å². The van der Waals surface area contributed by atoms with Crippen LogP contribution in [0, 0.1) is 0 Å². The zero-order valence-electron chi connectivity index (χ0n) is 15.6. The van der Waals surface area contributed by atoms with E-state index in [0.29, 0.717) is 6.42 Å². The van der Waals surface area contributed by atoms with Gasteiger partial charge in [-0.05, 0) is 37.6 Å². The maximum atomic E-state index is 12.7. The van der Waals surface area contributed by atoms with E-state index in [1.54, 1.807) is 18.4 Å². The molecule has 0 saturated carbocycles. The number of benzene rings is 2. The first-order chi connectivity index (χ1) is 12.9. The Kier molecular flexibility index (Phi) is 4.50. The van der Waals surface area contributed by atoms with E-state index in [1.165, 1.54) is 0 Å². The van der Waals surface area contributed by atoms with Crippen LogP contribution in [0.1, 0.15) is 38.3 Å². The zero-order chi connectivity index (χ0) is 19.2. The van der Waals surface area contributed by atoms with Crippen molar-refractivity contribution < 1.29 is 14.7 Å². The normalized spacial score (nSPS) is 20.1. The fourth-order valence-electron chi connectivity index (χ4n) is 3.61. The van der Waals surface area contributed by atoms with Crippen molar-refractivity contribution in [1.29, 1.82) is 0 Å². The lowest BCUT2D eigenvalue weighted by molar-refractivity contribution is -0.256. The summed E-state index contributed by atoms with van der Waals surface area (Å²) in [5.41, 5.74) is 2.14. The molecule has 0 spiro atoms. The van der Waals surface area contributed by atoms with Gasteiger partial charge in [-0.3, -0.25) is 4.79 Å². The Morgan fingerprint density at radius 3 is 2.63 bits per heavy atom. The second-order valence-corrected chi connectivity index (χ2v) is 8.58. The van der Waals surface area contributed by atoms with E-state index >= 15 is 0 Å². The Balaban J connectivity index is 1.63. The van der Waals surface area contributed by atoms with Gasteiger partial charge in [0.05, 0.1) is 28.9 Å². The molecule has 1 saturated heterocycles. The third kappa shape index (κ3) is 3.36. The number of fused-ring (bicyclic) bond motifs is 1. The van der Waals surface area contributed by atoms with Gasteiger partial charge in [-0.2, -0.15) is 0 Å². The van der Waals surface area contributed by atoms with Gasteiger partial charge in [0.2, 0.25) is 0 Å². The minimum absolute atomic E-state index is 0.140. The lowest BCUT2D eigenvalue weighted by atomic mass is 9.85. The Labute approximate surface area is 162 Å². The number of ether oxygens (including phenoxy) is 1. The first kappa shape index (κ1) is 18.1. The molecule has 0 bridgehead atoms. The average Bonchev–Trinajstić information content (AvgIpc) is 3.07. The SMILES string of the molecule is COc1ccc2nc(-c3ccc(C4CC(=O)CC(C)(C)N4[O])cc3)sc2c1. The van der Waals surface area contributed by atoms with E-state index in [4.69, 9.17) is 4.74 Å². The summed E-state index contributed by atoms with van der Waals surface area (Å²) in [4.78, 5) is 16.8. The van der Waals surface area contributed by atoms with Crippen LogP contribution < -0.4 is 4.74 Å². The number of Topliss-reactive ketones (excluding diaryl/α,β-unsaturated/α-hetero) is 1. The van der Waals surface area contributed by atoms with Crippen LogP contribution in [0.5, 0.6) is 5.75 Å². The molecule has 139 valence electrons. The number of carbonyl (C=O) groups excluding carboxylic acids is 1. The molecular weight excluding hydrogens is 360 g/mol. The van der Waals surface area contributed by atoms with E-state index < -0.39 is 11.6 Å². The number of nitrogens with zero attached hydrogens (tertiary/aromatic N) is 2. The predicted octanol–water partition coefficient (Wildman–Crippen LogP) is 4.80. The van der Waals surface area contributed by atoms with Crippen molar-refractivity contribution in [3.63, 3.8) is 0 Å². The van der Waals surface area contributed by atoms with Crippen LogP contribution >= 0.6 is 11.3 Å². The molecule has 4 rings (SSSR count). The highest BCUT2D eigenvalue weighted by molar-refractivity contribution is 7.21. The molecule has 1 fully saturated rings. The number of hydroxylamine groups is 2. The number of ketones is 1. The molecule has 2 aromatic carbocycles. The van der Waals surface area contributed by atoms with E-state index in [9.17, 15) is 10.0 Å². The van der Waals surface area contributed by atoms with Gasteiger partial charge in [-0.25, -0.2) is 4.98 Å². The molecule has 0 N–H and O–H groups in total. The van der Waals surface area contributed by atoms with Gasteiger partial charge in [0.15, 0.2) is 0 Å². The molecule has 5 nitrogen and oxygen atoms in total. The number of piperidine rings is 1. The summed E-state index contributed by atoms with van der Waals surface area (Å²) in [5, 5.41) is 14.7. The molecule has 1 aliphatic heterocycles. The number of aromatic nitrogens is 1. The summed E-state index contributed by atoms with van der Waals surface area (Å²) in [5.74, 6) is 0.953. The minimum Gasteiger partial charge on any atom is -0.497 e. The van der Waals surface area contributed by atoms with E-state index in [1.807, 2.05) is 56.3 Å². The van der Waals surface area contributed by atoms with Gasteiger partial charge in [0, 0.05) is 18.4 Å². The molecule has 0 amide bonds. The quantitative estimate of drug-likeness (QED) is 0.654. The van der Waals surface area contributed by atoms with Crippen molar-refractivity contribution in [2.45, 2.75) is 38.3 Å². The predicted molar refractivity (Wildman–Crippen MR) is 105 cm³/mol. The maximum absolute atomic E-state index is 12.7. The largest absolute Gasteiger partial charge is 0.497 e. The molecule has 6 heteroatoms. The van der Waals surface area contributed by atoms with Crippen molar-refractivity contribution in [2.24, 2.45) is 0 Å². The van der Waals surface area contributed by atoms with Crippen molar-refractivity contribution in [3.05, 3.63) is 48.0 Å². The van der Waals surface area contributed by atoms with Crippen LogP contribution in [0.4, 0.5) is 0 Å². The summed E-state index contributed by atoms with van der Waals surface area (Å²) in [6.45, 7) is 3.65. The van der Waals surface area contributed by atoms with Gasteiger partial charge in [-0.1, -0.05) is 24.3 Å². The van der Waals surface area contributed by atoms with Crippen molar-refractivity contribution in [2.75, 3.05) is 7.11 Å². The first-order valence-corrected chi connectivity index (χ1v) is 9.72. The Morgan fingerprint density at radius 1 is 1.19 bits per heavy atom. The average molecular weight is 381 g/mol. The van der Waals surface area contributed by atoms with Crippen LogP contribution in [0.25, 0.3) is 20.8 Å². The Bertz CT molecular complexity index is 994. The molecule has 1 radical (unpaired) electrons. The summed E-state index contributed by atoms with van der Waals surface area (Å²) in [7, 11) is 1.65. The summed E-state index contributed by atoms with van der Waals surface area (Å²) < 4.78 is 6.34. The summed E-state index contributed by atoms with van der Waals surface area (Å²) in [6, 6.07) is 13.2. The van der Waals surface area contributed by atoms with Crippen molar-refractivity contribution in [3.8, 4) is 16.3 Å². The number of rotatable bonds is 3. The summed E-state index contributed by atoms with van der Waals surface area (Å²) in [6.07, 6.45) is 0.577. The number of hydrogen-bond acceptors (Lipinski definition) is 5. The van der Waals surface area contributed by atoms with Crippen molar-refractivity contribution >= 4 is 27.3 Å². The van der Waals surface area contributed by atoms with Gasteiger partial charge >= 0.3 is 0 Å². The number of carbonyl (C=O) groups is 1. The van der Waals surface area contributed by atoms with E-state index in [-0.39, 0.29) is 12.2 Å². The molecular formula is C21H21N2O3S. The Morgan fingerprint density at radius 2 is 1.93 bits per heavy atom. The van der Waals surface area contributed by atoms with Crippen LogP contribution in [0.3, 0.4) is 0 Å². The van der Waals surface area contributed by atoms with Crippen LogP contribution in [0.2, 0.25) is 0 Å². The molecule has 1 aromatic heterocycles. The number of hydrogen-bond donors (Lipinski definition) is 0. The topological polar surface area (TPSA) is 62.3 Å². The second kappa shape index (κ2) is 6.71. The number of methoxy groups -OCH3 is 1. The van der Waals surface area contributed by atoms with Crippen LogP contribution in [-0.4, -0.2) is 28.5 Å². The van der Waals surface area contributed by atoms with Gasteiger partial charge in [0.25, 0.3) is 0 Å². The molecule has 1 atom stereocenters. The fourth-order valence-corrected chi connectivity index (χ4v) is 4.61. The first-order valence-electron chi connectivity index (χ1n) is 8.90. The molecule has 1 unspecified atom stereocenters. The highest BCUT2D eigenvalue weighted by Crippen LogP contribution is 2.38. The Hall–Kier alpha value is -2.28. The molecule has 2 heterocycles. The van der Waals surface area contributed by atoms with Gasteiger partial charge < -0.3 is 4.74 Å². The molecule has 3 aromatic rings. The maximum Gasteiger partial charge on any atom is 0.136 e. The summed E-state index contributed by atoms with van der Waals surface area (Å²) >= 11 is 1.60. The third-order valence-electron chi connectivity index (χ3n) is 5.07. The lowest BCUT2D eigenvalue weighted by Gasteiger charge is -2.40. The van der Waals surface area contributed by atoms with Crippen LogP contribution in [0.15, 0.2) is 42.5 Å². The van der Waals surface area contributed by atoms with Crippen molar-refractivity contribution in [1.82, 2.24) is 10.0 Å². The minimum atomic E-state index is -0.662.